The van der Waals surface area contributed by atoms with Gasteiger partial charge in [0.2, 0.25) is 0 Å². The van der Waals surface area contributed by atoms with Crippen molar-refractivity contribution < 1.29 is 0 Å². The maximum atomic E-state index is 5.82. The molecule has 0 fully saturated rings. The van der Waals surface area contributed by atoms with E-state index < -0.39 is 0 Å². The Morgan fingerprint density at radius 1 is 1.17 bits per heavy atom. The molecule has 0 spiro atoms. The summed E-state index contributed by atoms with van der Waals surface area (Å²) >= 11 is 5.82. The highest BCUT2D eigenvalue weighted by Crippen LogP contribution is 2.06. The molecule has 0 radical (unpaired) electrons. The normalized spacial score (nSPS) is 10.5. The van der Waals surface area contributed by atoms with Gasteiger partial charge in [0.1, 0.15) is 5.15 Å². The average molecular weight is 262 g/mol. The first-order valence-electron chi connectivity index (χ1n) is 6.04. The number of nitrogens with one attached hydrogen (secondary N) is 1. The molecule has 2 aromatic heterocycles. The third kappa shape index (κ3) is 4.43. The van der Waals surface area contributed by atoms with Crippen molar-refractivity contribution in [3.8, 4) is 0 Å². The van der Waals surface area contributed by atoms with Crippen LogP contribution in [-0.2, 0) is 13.0 Å². The summed E-state index contributed by atoms with van der Waals surface area (Å²) in [5.41, 5.74) is 2.45. The van der Waals surface area contributed by atoms with Crippen molar-refractivity contribution in [1.82, 2.24) is 15.3 Å². The van der Waals surface area contributed by atoms with Crippen molar-refractivity contribution in [2.75, 3.05) is 6.54 Å². The predicted octanol–water partition coefficient (Wildman–Crippen LogP) is 2.85. The highest BCUT2D eigenvalue weighted by Gasteiger charge is 1.95. The Labute approximate surface area is 112 Å². The Kier molecular flexibility index (Phi) is 5.12. The molecule has 0 bridgehead atoms. The molecule has 0 atom stereocenters. The van der Waals surface area contributed by atoms with Gasteiger partial charge in [-0.1, -0.05) is 17.7 Å². The maximum Gasteiger partial charge on any atom is 0.129 e. The second-order valence-corrected chi connectivity index (χ2v) is 4.52. The van der Waals surface area contributed by atoms with Crippen LogP contribution in [0, 0.1) is 0 Å². The SMILES string of the molecule is Clc1cc(CNCCCc2cccnc2)ccn1. The molecule has 0 saturated carbocycles. The fourth-order valence-corrected chi connectivity index (χ4v) is 1.95. The quantitative estimate of drug-likeness (QED) is 0.642. The Balaban J connectivity index is 1.65. The molecule has 0 aliphatic rings. The van der Waals surface area contributed by atoms with Crippen LogP contribution in [0.3, 0.4) is 0 Å². The van der Waals surface area contributed by atoms with Crippen molar-refractivity contribution in [1.29, 1.82) is 0 Å². The number of nitrogens with zero attached hydrogens (tertiary/aromatic N) is 2. The first kappa shape index (κ1) is 13.0. The van der Waals surface area contributed by atoms with Gasteiger partial charge in [0.05, 0.1) is 0 Å². The van der Waals surface area contributed by atoms with Gasteiger partial charge in [-0.25, -0.2) is 4.98 Å². The van der Waals surface area contributed by atoms with E-state index in [1.165, 1.54) is 5.56 Å². The van der Waals surface area contributed by atoms with Crippen LogP contribution in [-0.4, -0.2) is 16.5 Å². The molecule has 0 amide bonds. The summed E-state index contributed by atoms with van der Waals surface area (Å²) in [6.07, 6.45) is 7.61. The maximum absolute atomic E-state index is 5.82. The summed E-state index contributed by atoms with van der Waals surface area (Å²) in [7, 11) is 0. The lowest BCUT2D eigenvalue weighted by Gasteiger charge is -2.05. The predicted molar refractivity (Wildman–Crippen MR) is 73.5 cm³/mol. The standard InChI is InChI=1S/C14H16ClN3/c15-14-9-13(5-8-18-14)11-17-7-2-4-12-3-1-6-16-10-12/h1,3,5-6,8-10,17H,2,4,7,11H2. The van der Waals surface area contributed by atoms with Crippen molar-refractivity contribution in [2.45, 2.75) is 19.4 Å². The molecule has 2 heterocycles. The van der Waals surface area contributed by atoms with Gasteiger partial charge in [0.25, 0.3) is 0 Å². The highest BCUT2D eigenvalue weighted by molar-refractivity contribution is 6.29. The minimum atomic E-state index is 0.546. The zero-order chi connectivity index (χ0) is 12.6. The van der Waals surface area contributed by atoms with E-state index in [1.807, 2.05) is 24.4 Å². The lowest BCUT2D eigenvalue weighted by Crippen LogP contribution is -2.15. The largest absolute Gasteiger partial charge is 0.313 e. The molecule has 3 nitrogen and oxygen atoms in total. The molecule has 0 aliphatic heterocycles. The molecule has 2 aromatic rings. The van der Waals surface area contributed by atoms with E-state index in [-0.39, 0.29) is 0 Å². The van der Waals surface area contributed by atoms with Gasteiger partial charge >= 0.3 is 0 Å². The number of rotatable bonds is 6. The van der Waals surface area contributed by atoms with E-state index in [9.17, 15) is 0 Å². The van der Waals surface area contributed by atoms with Crippen LogP contribution in [0.4, 0.5) is 0 Å². The topological polar surface area (TPSA) is 37.8 Å². The van der Waals surface area contributed by atoms with Crippen molar-refractivity contribution in [3.63, 3.8) is 0 Å². The Hall–Kier alpha value is -1.45. The number of aryl methyl sites for hydroxylation is 1. The van der Waals surface area contributed by atoms with Gasteiger partial charge in [-0.2, -0.15) is 0 Å². The van der Waals surface area contributed by atoms with Crippen LogP contribution < -0.4 is 5.32 Å². The first-order chi connectivity index (χ1) is 8.84. The van der Waals surface area contributed by atoms with E-state index in [1.54, 1.807) is 12.4 Å². The van der Waals surface area contributed by atoms with Gasteiger partial charge in [-0.15, -0.1) is 0 Å². The number of aromatic nitrogens is 2. The molecule has 0 saturated heterocycles. The summed E-state index contributed by atoms with van der Waals surface area (Å²) in [5, 5.41) is 3.94. The average Bonchev–Trinajstić information content (AvgIpc) is 2.40. The lowest BCUT2D eigenvalue weighted by molar-refractivity contribution is 0.648. The first-order valence-corrected chi connectivity index (χ1v) is 6.42. The Morgan fingerprint density at radius 2 is 2.11 bits per heavy atom. The minimum Gasteiger partial charge on any atom is -0.313 e. The van der Waals surface area contributed by atoms with Crippen LogP contribution in [0.2, 0.25) is 5.15 Å². The zero-order valence-corrected chi connectivity index (χ0v) is 10.9. The number of hydrogen-bond donors (Lipinski definition) is 1. The number of hydrogen-bond acceptors (Lipinski definition) is 3. The summed E-state index contributed by atoms with van der Waals surface area (Å²) in [5.74, 6) is 0. The lowest BCUT2D eigenvalue weighted by atomic mass is 10.1. The molecule has 0 aromatic carbocycles. The monoisotopic (exact) mass is 261 g/mol. The number of pyridine rings is 2. The summed E-state index contributed by atoms with van der Waals surface area (Å²) in [4.78, 5) is 8.05. The second-order valence-electron chi connectivity index (χ2n) is 4.13. The van der Waals surface area contributed by atoms with E-state index in [4.69, 9.17) is 11.6 Å². The fourth-order valence-electron chi connectivity index (χ4n) is 1.75. The smallest absolute Gasteiger partial charge is 0.129 e. The van der Waals surface area contributed by atoms with E-state index in [0.29, 0.717) is 5.15 Å². The third-order valence-corrected chi connectivity index (χ3v) is 2.87. The van der Waals surface area contributed by atoms with Gasteiger partial charge < -0.3 is 5.32 Å². The van der Waals surface area contributed by atoms with Gasteiger partial charge in [0.15, 0.2) is 0 Å². The minimum absolute atomic E-state index is 0.546. The second kappa shape index (κ2) is 7.09. The number of halogens is 1. The van der Waals surface area contributed by atoms with Crippen LogP contribution >= 0.6 is 11.6 Å². The highest BCUT2D eigenvalue weighted by atomic mass is 35.5. The fraction of sp³-hybridized carbons (Fsp3) is 0.286. The summed E-state index contributed by atoms with van der Waals surface area (Å²) in [6.45, 7) is 1.81. The van der Waals surface area contributed by atoms with E-state index in [0.717, 1.165) is 31.5 Å². The van der Waals surface area contributed by atoms with Crippen molar-refractivity contribution in [3.05, 3.63) is 59.1 Å². The van der Waals surface area contributed by atoms with Gasteiger partial charge in [0, 0.05) is 25.1 Å². The van der Waals surface area contributed by atoms with Crippen molar-refractivity contribution in [2.24, 2.45) is 0 Å². The molecule has 0 aliphatic carbocycles. The Morgan fingerprint density at radius 3 is 2.89 bits per heavy atom. The Bertz CT molecular complexity index is 473. The molecule has 18 heavy (non-hydrogen) atoms. The van der Waals surface area contributed by atoms with Crippen LogP contribution in [0.15, 0.2) is 42.9 Å². The molecule has 1 N–H and O–H groups in total. The van der Waals surface area contributed by atoms with Crippen molar-refractivity contribution >= 4 is 11.6 Å². The zero-order valence-electron chi connectivity index (χ0n) is 10.1. The van der Waals surface area contributed by atoms with E-state index in [2.05, 4.69) is 21.4 Å². The molecule has 0 unspecified atom stereocenters. The summed E-state index contributed by atoms with van der Waals surface area (Å²) < 4.78 is 0. The van der Waals surface area contributed by atoms with Crippen LogP contribution in [0.1, 0.15) is 17.5 Å². The van der Waals surface area contributed by atoms with Crippen LogP contribution in [0.5, 0.6) is 0 Å². The van der Waals surface area contributed by atoms with Gasteiger partial charge in [-0.05, 0) is 48.7 Å². The molecular formula is C14H16ClN3. The van der Waals surface area contributed by atoms with E-state index >= 15 is 0 Å². The molecule has 94 valence electrons. The molecule has 2 rings (SSSR count). The molecule has 4 heteroatoms. The summed E-state index contributed by atoms with van der Waals surface area (Å²) in [6, 6.07) is 7.94. The third-order valence-electron chi connectivity index (χ3n) is 2.66. The van der Waals surface area contributed by atoms with Gasteiger partial charge in [-0.3, -0.25) is 4.98 Å². The molecular weight excluding hydrogens is 246 g/mol. The van der Waals surface area contributed by atoms with Crippen LogP contribution in [0.25, 0.3) is 0 Å².